The van der Waals surface area contributed by atoms with Crippen LogP contribution in [-0.4, -0.2) is 29.5 Å². The molecule has 0 saturated carbocycles. The van der Waals surface area contributed by atoms with Crippen molar-refractivity contribution < 1.29 is 32.2 Å². The maximum absolute atomic E-state index is 14.2. The number of fused-ring (bicyclic) bond motifs is 2. The van der Waals surface area contributed by atoms with Crippen molar-refractivity contribution in [2.75, 3.05) is 13.7 Å². The van der Waals surface area contributed by atoms with Crippen LogP contribution in [0.5, 0.6) is 11.5 Å². The van der Waals surface area contributed by atoms with Gasteiger partial charge in [-0.25, -0.2) is 4.68 Å². The molecule has 1 aliphatic heterocycles. The van der Waals surface area contributed by atoms with Crippen LogP contribution in [0.1, 0.15) is 52.8 Å². The van der Waals surface area contributed by atoms with E-state index >= 15 is 0 Å². The van der Waals surface area contributed by atoms with Gasteiger partial charge in [0.15, 0.2) is 0 Å². The van der Waals surface area contributed by atoms with Crippen LogP contribution in [0.3, 0.4) is 0 Å². The normalized spacial score (nSPS) is 17.7. The molecule has 0 N–H and O–H groups in total. The van der Waals surface area contributed by atoms with Gasteiger partial charge in [-0.2, -0.15) is 18.3 Å². The first-order valence-corrected chi connectivity index (χ1v) is 13.1. The van der Waals surface area contributed by atoms with E-state index in [-0.39, 0.29) is 23.9 Å². The summed E-state index contributed by atoms with van der Waals surface area (Å²) in [5.74, 6) is 0.820. The van der Waals surface area contributed by atoms with Crippen molar-refractivity contribution in [3.05, 3.63) is 94.8 Å². The minimum atomic E-state index is -4.50. The number of rotatable bonds is 6. The molecule has 0 amide bonds. The van der Waals surface area contributed by atoms with Crippen molar-refractivity contribution in [2.24, 2.45) is 0 Å². The van der Waals surface area contributed by atoms with Crippen molar-refractivity contribution >= 4 is 5.97 Å². The van der Waals surface area contributed by atoms with Gasteiger partial charge in [-0.3, -0.25) is 4.79 Å². The number of hydrogen-bond acceptors (Lipinski definition) is 5. The number of halogens is 3. The molecule has 6 nitrogen and oxygen atoms in total. The van der Waals surface area contributed by atoms with Gasteiger partial charge in [0.05, 0.1) is 31.4 Å². The van der Waals surface area contributed by atoms with E-state index in [1.165, 1.54) is 13.2 Å². The Morgan fingerprint density at radius 2 is 1.85 bits per heavy atom. The molecule has 2 atom stereocenters. The highest BCUT2D eigenvalue weighted by Gasteiger charge is 2.38. The maximum atomic E-state index is 14.2. The van der Waals surface area contributed by atoms with Crippen LogP contribution >= 0.6 is 0 Å². The van der Waals surface area contributed by atoms with Crippen LogP contribution in [0.25, 0.3) is 16.8 Å². The monoisotopic (exact) mass is 548 g/mol. The van der Waals surface area contributed by atoms with E-state index < -0.39 is 17.8 Å². The van der Waals surface area contributed by atoms with Crippen LogP contribution in [-0.2, 0) is 22.1 Å². The number of nitrogens with zero attached hydrogens (tertiary/aromatic N) is 2. The Morgan fingerprint density at radius 3 is 2.55 bits per heavy atom. The molecule has 0 spiro atoms. The molecular weight excluding hydrogens is 521 g/mol. The highest BCUT2D eigenvalue weighted by atomic mass is 19.4. The third kappa shape index (κ3) is 4.69. The molecule has 2 aliphatic rings. The second-order valence-corrected chi connectivity index (χ2v) is 10.1. The Bertz CT molecular complexity index is 1580. The second kappa shape index (κ2) is 10.0. The Kier molecular flexibility index (Phi) is 6.52. The molecule has 4 aromatic rings. The third-order valence-corrected chi connectivity index (χ3v) is 7.67. The average molecular weight is 549 g/mol. The molecule has 0 saturated heterocycles. The largest absolute Gasteiger partial charge is 0.492 e. The summed E-state index contributed by atoms with van der Waals surface area (Å²) in [6.07, 6.45) is -1.97. The molecule has 6 rings (SSSR count). The van der Waals surface area contributed by atoms with Gasteiger partial charge in [0.2, 0.25) is 0 Å². The van der Waals surface area contributed by atoms with Gasteiger partial charge in [-0.15, -0.1) is 0 Å². The van der Waals surface area contributed by atoms with Gasteiger partial charge in [-0.1, -0.05) is 24.3 Å². The predicted octanol–water partition coefficient (Wildman–Crippen LogP) is 6.97. The standard InChI is InChI=1S/C31H27F3N2O4/c1-18-13-14-35-36(18)21-5-3-19(4-6-21)30-25-10-12-27(24(25)9-11-26(30)31(32,33)34)40-22-7-8-23-20(15-29(37)38-2)17-39-28(23)16-22/h3-9,11,13-14,16,20,27H,10,12,15,17H2,1-2H3/t20-,27-/m1/s1. The highest BCUT2D eigenvalue weighted by molar-refractivity contribution is 5.75. The minimum absolute atomic E-state index is 0.0874. The zero-order valence-corrected chi connectivity index (χ0v) is 22.0. The summed E-state index contributed by atoms with van der Waals surface area (Å²) in [4.78, 5) is 11.7. The molecule has 0 bridgehead atoms. The van der Waals surface area contributed by atoms with Crippen LogP contribution < -0.4 is 9.47 Å². The van der Waals surface area contributed by atoms with Crippen molar-refractivity contribution in [3.63, 3.8) is 0 Å². The van der Waals surface area contributed by atoms with Gasteiger partial charge in [0.1, 0.15) is 17.6 Å². The fourth-order valence-corrected chi connectivity index (χ4v) is 5.71. The number of esters is 1. The first-order valence-electron chi connectivity index (χ1n) is 13.1. The molecule has 9 heteroatoms. The Balaban J connectivity index is 1.30. The van der Waals surface area contributed by atoms with Crippen molar-refractivity contribution in [2.45, 2.75) is 44.4 Å². The van der Waals surface area contributed by atoms with E-state index in [1.54, 1.807) is 41.2 Å². The fraction of sp³-hybridized carbons (Fsp3) is 0.290. The number of hydrogen-bond donors (Lipinski definition) is 0. The Labute approximate surface area is 229 Å². The van der Waals surface area contributed by atoms with E-state index in [2.05, 4.69) is 5.10 Å². The topological polar surface area (TPSA) is 62.6 Å². The first kappa shape index (κ1) is 26.0. The molecule has 2 heterocycles. The van der Waals surface area contributed by atoms with E-state index in [4.69, 9.17) is 14.2 Å². The van der Waals surface area contributed by atoms with Crippen LogP contribution in [0.2, 0.25) is 0 Å². The number of aryl methyl sites for hydroxylation is 1. The number of carbonyl (C=O) groups is 1. The fourth-order valence-electron chi connectivity index (χ4n) is 5.71. The van der Waals surface area contributed by atoms with Crippen LogP contribution in [0, 0.1) is 6.92 Å². The van der Waals surface area contributed by atoms with Gasteiger partial charge >= 0.3 is 12.1 Å². The summed E-state index contributed by atoms with van der Waals surface area (Å²) < 4.78 is 61.1. The summed E-state index contributed by atoms with van der Waals surface area (Å²) in [7, 11) is 1.36. The van der Waals surface area contributed by atoms with Gasteiger partial charge in [0, 0.05) is 29.4 Å². The smallest absolute Gasteiger partial charge is 0.417 e. The Morgan fingerprint density at radius 1 is 1.07 bits per heavy atom. The molecule has 1 aromatic heterocycles. The van der Waals surface area contributed by atoms with E-state index in [0.29, 0.717) is 42.1 Å². The number of carbonyl (C=O) groups excluding carboxylic acids is 1. The summed E-state index contributed by atoms with van der Waals surface area (Å²) in [6.45, 7) is 2.29. The highest BCUT2D eigenvalue weighted by Crippen LogP contribution is 2.47. The summed E-state index contributed by atoms with van der Waals surface area (Å²) in [5.41, 5.74) is 4.07. The van der Waals surface area contributed by atoms with E-state index in [1.807, 2.05) is 25.1 Å². The maximum Gasteiger partial charge on any atom is 0.417 e. The lowest BCUT2D eigenvalue weighted by atomic mass is 9.91. The number of aromatic nitrogens is 2. The van der Waals surface area contributed by atoms with Gasteiger partial charge in [-0.05, 0) is 72.4 Å². The molecule has 1 aliphatic carbocycles. The summed E-state index contributed by atoms with van der Waals surface area (Å²) in [6, 6.07) is 17.1. The van der Waals surface area contributed by atoms with E-state index in [9.17, 15) is 18.0 Å². The third-order valence-electron chi connectivity index (χ3n) is 7.67. The number of ether oxygens (including phenoxy) is 3. The molecule has 40 heavy (non-hydrogen) atoms. The number of benzene rings is 3. The lowest BCUT2D eigenvalue weighted by Gasteiger charge is -2.20. The van der Waals surface area contributed by atoms with Gasteiger partial charge < -0.3 is 14.2 Å². The molecular formula is C31H27F3N2O4. The van der Waals surface area contributed by atoms with Crippen molar-refractivity contribution in [1.29, 1.82) is 0 Å². The van der Waals surface area contributed by atoms with Gasteiger partial charge in [0.25, 0.3) is 0 Å². The molecule has 0 fully saturated rings. The zero-order chi connectivity index (χ0) is 28.0. The van der Waals surface area contributed by atoms with Crippen LogP contribution in [0.15, 0.2) is 66.9 Å². The summed E-state index contributed by atoms with van der Waals surface area (Å²) in [5, 5.41) is 4.29. The lowest BCUT2D eigenvalue weighted by Crippen LogP contribution is -2.10. The zero-order valence-electron chi connectivity index (χ0n) is 22.0. The first-order chi connectivity index (χ1) is 19.2. The molecule has 206 valence electrons. The predicted molar refractivity (Wildman–Crippen MR) is 142 cm³/mol. The molecule has 0 radical (unpaired) electrons. The van der Waals surface area contributed by atoms with Crippen molar-refractivity contribution in [3.8, 4) is 28.3 Å². The summed E-state index contributed by atoms with van der Waals surface area (Å²) >= 11 is 0. The average Bonchev–Trinajstić information content (AvgIpc) is 3.66. The van der Waals surface area contributed by atoms with E-state index in [0.717, 1.165) is 28.6 Å². The number of alkyl halides is 3. The SMILES string of the molecule is COC(=O)C[C@@H]1COc2cc(O[C@@H]3CCc4c3ccc(C(F)(F)F)c4-c3ccc(-n4nccc4C)cc3)ccc21. The van der Waals surface area contributed by atoms with Crippen LogP contribution in [0.4, 0.5) is 13.2 Å². The second-order valence-electron chi connectivity index (χ2n) is 10.1. The lowest BCUT2D eigenvalue weighted by molar-refractivity contribution is -0.141. The number of methoxy groups -OCH3 is 1. The van der Waals surface area contributed by atoms with Crippen molar-refractivity contribution in [1.82, 2.24) is 9.78 Å². The molecule has 0 unspecified atom stereocenters. The molecule has 3 aromatic carbocycles. The Hall–Kier alpha value is -4.27. The minimum Gasteiger partial charge on any atom is -0.492 e. The quantitative estimate of drug-likeness (QED) is 0.244.